The number of rotatable bonds is 10. The van der Waals surface area contributed by atoms with E-state index in [4.69, 9.17) is 14.2 Å². The Balaban J connectivity index is 1.42. The maximum Gasteiger partial charge on any atom is 0.408 e. The molecule has 1 saturated heterocycles. The van der Waals surface area contributed by atoms with Crippen molar-refractivity contribution in [1.29, 1.82) is 0 Å². The molecule has 3 heterocycles. The van der Waals surface area contributed by atoms with E-state index >= 15 is 0 Å². The minimum absolute atomic E-state index is 0.00408. The number of carbonyl (C=O) groups is 4. The molecule has 0 radical (unpaired) electrons. The van der Waals surface area contributed by atoms with E-state index in [1.165, 1.54) is 20.2 Å². The number of alkyl halides is 3. The molecule has 7 atom stereocenters. The molecule has 0 bridgehead atoms. The first-order chi connectivity index (χ1) is 27.2. The highest BCUT2D eigenvalue weighted by Gasteiger charge is 2.64. The molecule has 1 aromatic carbocycles. The minimum atomic E-state index is -4.51. The first kappa shape index (κ1) is 42.9. The molecular weight excluding hydrogens is 795 g/mol. The molecule has 2 aliphatic carbocycles. The Morgan fingerprint density at radius 3 is 2.53 bits per heavy atom. The molecule has 2 aromatic rings. The lowest BCUT2D eigenvalue weighted by molar-refractivity contribution is -0.155. The van der Waals surface area contributed by atoms with Crippen molar-refractivity contribution in [3.63, 3.8) is 0 Å². The van der Waals surface area contributed by atoms with Crippen LogP contribution in [0.4, 0.5) is 22.4 Å². The summed E-state index contributed by atoms with van der Waals surface area (Å²) < 4.78 is 102. The monoisotopic (exact) mass is 841 g/mol. The quantitative estimate of drug-likeness (QED) is 0.231. The maximum absolute atomic E-state index is 14.9. The van der Waals surface area contributed by atoms with Crippen molar-refractivity contribution in [1.82, 2.24) is 24.8 Å². The van der Waals surface area contributed by atoms with E-state index < -0.39 is 111 Å². The van der Waals surface area contributed by atoms with Gasteiger partial charge in [-0.3, -0.25) is 24.0 Å². The fourth-order valence-electron chi connectivity index (χ4n) is 7.83. The summed E-state index contributed by atoms with van der Waals surface area (Å²) in [5.74, 6) is -4.54. The van der Waals surface area contributed by atoms with Crippen molar-refractivity contribution in [2.45, 2.75) is 119 Å². The van der Waals surface area contributed by atoms with Gasteiger partial charge in [0.15, 0.2) is 0 Å². The smallest absolute Gasteiger partial charge is 0.408 e. The summed E-state index contributed by atoms with van der Waals surface area (Å²) in [5, 5.41) is 13.7. The molecule has 6 rings (SSSR count). The summed E-state index contributed by atoms with van der Waals surface area (Å²) in [6.07, 6.45) is -3.33. The number of hydrogen-bond acceptors (Lipinski definition) is 10. The van der Waals surface area contributed by atoms with E-state index in [1.807, 2.05) is 4.72 Å². The number of allylic oxidation sites excluding steroid dienone is 1. The summed E-state index contributed by atoms with van der Waals surface area (Å²) >= 11 is 0. The Labute approximate surface area is 332 Å². The molecule has 15 nitrogen and oxygen atoms in total. The van der Waals surface area contributed by atoms with E-state index in [2.05, 4.69) is 10.3 Å². The average Bonchev–Trinajstić information content (AvgIpc) is 4.06. The minimum Gasteiger partial charge on any atom is -0.496 e. The van der Waals surface area contributed by atoms with E-state index in [-0.39, 0.29) is 42.7 Å². The fraction of sp³-hybridized carbons (Fsp3) is 0.605. The van der Waals surface area contributed by atoms with Crippen LogP contribution in [0.2, 0.25) is 0 Å². The van der Waals surface area contributed by atoms with Gasteiger partial charge in [-0.2, -0.15) is 0 Å². The standard InChI is InChI=1S/C38H47F4N5O10S/c1-20-8-6-7-9-22-17-38(22,34(50)45-58(53,54)37(19-39)11-12-37)44-30(48)27-16-24(57-31-26-14-23(40)15-28(55-5)25(26)10-13-43-31)18-46(27)32(49)29(21(2)56-20)47(35(51)52)36(3,4)33(41)42/h7,9-10,13-15,20-22,24,27,29,33H,6,8,11-12,16-19H2,1-5H3,(H,44,48)(H,45,50)(H,51,52)/b9-7-/t20-,21+,22-,24-,27+,29+,38-/m1/s1. The Kier molecular flexibility index (Phi) is 11.7. The summed E-state index contributed by atoms with van der Waals surface area (Å²) in [4.78, 5) is 61.7. The molecule has 318 valence electrons. The molecular formula is C38H47F4N5O10S. The third kappa shape index (κ3) is 7.88. The third-order valence-corrected chi connectivity index (χ3v) is 13.7. The molecule has 1 aromatic heterocycles. The van der Waals surface area contributed by atoms with Gasteiger partial charge in [0.2, 0.25) is 27.7 Å². The van der Waals surface area contributed by atoms with E-state index in [0.29, 0.717) is 23.1 Å². The zero-order valence-corrected chi connectivity index (χ0v) is 33.4. The third-order valence-electron chi connectivity index (χ3n) is 11.6. The highest BCUT2D eigenvalue weighted by Crippen LogP contribution is 2.48. The molecule has 3 N–H and O–H groups in total. The number of benzene rings is 1. The van der Waals surface area contributed by atoms with Crippen molar-refractivity contribution in [2.24, 2.45) is 5.92 Å². The Bertz CT molecular complexity index is 2100. The van der Waals surface area contributed by atoms with E-state index in [9.17, 15) is 50.3 Å². The zero-order chi connectivity index (χ0) is 42.5. The van der Waals surface area contributed by atoms with Crippen LogP contribution in [0.15, 0.2) is 36.5 Å². The largest absolute Gasteiger partial charge is 0.496 e. The van der Waals surface area contributed by atoms with Crippen molar-refractivity contribution < 1.29 is 64.5 Å². The summed E-state index contributed by atoms with van der Waals surface area (Å²) in [7, 11) is -3.17. The SMILES string of the molecule is COc1cc(F)cc2c(O[C@@H]3C[C@H]4C(=O)N[C@]5(C(=O)NS(=O)(=O)C6(CF)CC6)C[C@H]5/C=C\CC[C@@H](C)O[C@@H](C)[C@H](N(C(=O)O)C(C)(C)C(F)F)C(=O)N4C3)nccc12. The van der Waals surface area contributed by atoms with Crippen molar-refractivity contribution >= 4 is 44.6 Å². The number of carbonyl (C=O) groups excluding carboxylic acids is 3. The second kappa shape index (κ2) is 15.8. The molecule has 20 heteroatoms. The zero-order valence-electron chi connectivity index (χ0n) is 32.5. The topological polar surface area (TPSA) is 194 Å². The van der Waals surface area contributed by atoms with Crippen LogP contribution in [0.3, 0.4) is 0 Å². The van der Waals surface area contributed by atoms with Crippen LogP contribution in [0.25, 0.3) is 10.8 Å². The summed E-state index contributed by atoms with van der Waals surface area (Å²) in [6.45, 7) is 3.25. The predicted octanol–water partition coefficient (Wildman–Crippen LogP) is 4.09. The van der Waals surface area contributed by atoms with Gasteiger partial charge >= 0.3 is 6.09 Å². The number of nitrogens with one attached hydrogen (secondary N) is 2. The number of halogens is 4. The molecule has 4 amide bonds. The summed E-state index contributed by atoms with van der Waals surface area (Å²) in [5.41, 5.74) is -4.30. The van der Waals surface area contributed by atoms with Gasteiger partial charge in [-0.1, -0.05) is 12.2 Å². The van der Waals surface area contributed by atoms with Gasteiger partial charge < -0.3 is 29.5 Å². The van der Waals surface area contributed by atoms with Gasteiger partial charge in [0.05, 0.1) is 31.2 Å². The number of aromatic nitrogens is 1. The van der Waals surface area contributed by atoms with Gasteiger partial charge in [-0.05, 0) is 71.9 Å². The van der Waals surface area contributed by atoms with Gasteiger partial charge in [-0.15, -0.1) is 0 Å². The second-order valence-electron chi connectivity index (χ2n) is 16.0. The molecule has 58 heavy (non-hydrogen) atoms. The number of pyridine rings is 1. The predicted molar refractivity (Wildman–Crippen MR) is 199 cm³/mol. The van der Waals surface area contributed by atoms with E-state index in [1.54, 1.807) is 25.1 Å². The van der Waals surface area contributed by atoms with Crippen molar-refractivity contribution in [3.8, 4) is 11.6 Å². The number of fused-ring (bicyclic) bond motifs is 3. The van der Waals surface area contributed by atoms with Crippen molar-refractivity contribution in [3.05, 3.63) is 42.4 Å². The lowest BCUT2D eigenvalue weighted by Crippen LogP contribution is -2.66. The number of sulfonamides is 1. The molecule has 2 saturated carbocycles. The molecule has 0 unspecified atom stereocenters. The van der Waals surface area contributed by atoms with Crippen LogP contribution in [-0.2, 0) is 29.1 Å². The normalized spacial score (nSPS) is 29.3. The van der Waals surface area contributed by atoms with Crippen LogP contribution in [0, 0.1) is 11.7 Å². The average molecular weight is 842 g/mol. The second-order valence-corrected chi connectivity index (χ2v) is 18.1. The van der Waals surface area contributed by atoms with Crippen molar-refractivity contribution in [2.75, 3.05) is 20.3 Å². The highest BCUT2D eigenvalue weighted by atomic mass is 32.2. The van der Waals surface area contributed by atoms with Gasteiger partial charge in [0, 0.05) is 30.0 Å². The van der Waals surface area contributed by atoms with Crippen LogP contribution in [-0.4, -0.2) is 125 Å². The maximum atomic E-state index is 14.9. The molecule has 0 spiro atoms. The molecule has 3 fully saturated rings. The number of carboxylic acid groups (broad SMARTS) is 1. The number of ether oxygens (including phenoxy) is 3. The van der Waals surface area contributed by atoms with Crippen LogP contribution >= 0.6 is 0 Å². The molecule has 2 aliphatic heterocycles. The van der Waals surface area contributed by atoms with Gasteiger partial charge in [-0.25, -0.2) is 35.8 Å². The Morgan fingerprint density at radius 1 is 1.21 bits per heavy atom. The fourth-order valence-corrected chi connectivity index (χ4v) is 9.25. The Hall–Kier alpha value is -4.72. The first-order valence-corrected chi connectivity index (χ1v) is 20.4. The first-order valence-electron chi connectivity index (χ1n) is 18.9. The Morgan fingerprint density at radius 2 is 1.91 bits per heavy atom. The number of methoxy groups -OCH3 is 1. The number of amides is 4. The van der Waals surface area contributed by atoms with Crippen LogP contribution < -0.4 is 19.5 Å². The van der Waals surface area contributed by atoms with Gasteiger partial charge in [0.25, 0.3) is 12.3 Å². The number of nitrogens with zero attached hydrogens (tertiary/aromatic N) is 3. The highest BCUT2D eigenvalue weighted by molar-refractivity contribution is 7.91. The lowest BCUT2D eigenvalue weighted by atomic mass is 9.97. The summed E-state index contributed by atoms with van der Waals surface area (Å²) in [6, 6.07) is 0.344. The van der Waals surface area contributed by atoms with E-state index in [0.717, 1.165) is 30.9 Å². The lowest BCUT2D eigenvalue weighted by Gasteiger charge is -2.44. The van der Waals surface area contributed by atoms with Crippen LogP contribution in [0.1, 0.15) is 66.2 Å². The van der Waals surface area contributed by atoms with Crippen LogP contribution in [0.5, 0.6) is 11.6 Å². The number of hydrogen-bond donors (Lipinski definition) is 3. The molecule has 4 aliphatic rings. The van der Waals surface area contributed by atoms with Gasteiger partial charge in [0.1, 0.15) is 52.3 Å².